The molecule has 0 radical (unpaired) electrons. The van der Waals surface area contributed by atoms with Crippen LogP contribution in [-0.2, 0) is 9.47 Å². The van der Waals surface area contributed by atoms with Gasteiger partial charge in [0, 0.05) is 36.6 Å². The molecule has 0 unspecified atom stereocenters. The van der Waals surface area contributed by atoms with E-state index >= 15 is 0 Å². The molecule has 1 amide bonds. The number of benzene rings is 1. The molecule has 0 aliphatic carbocycles. The summed E-state index contributed by atoms with van der Waals surface area (Å²) in [5.41, 5.74) is 3.13. The van der Waals surface area contributed by atoms with Gasteiger partial charge in [-0.05, 0) is 36.8 Å². The Balaban J connectivity index is 1.40. The third-order valence-corrected chi connectivity index (χ3v) is 5.56. The highest BCUT2D eigenvalue weighted by atomic mass is 35.5. The molecule has 0 bridgehead atoms. The maximum absolute atomic E-state index is 12.7. The Bertz CT molecular complexity index is 825. The van der Waals surface area contributed by atoms with Crippen molar-refractivity contribution in [3.8, 4) is 0 Å². The van der Waals surface area contributed by atoms with E-state index in [0.29, 0.717) is 49.9 Å². The lowest BCUT2D eigenvalue weighted by Gasteiger charge is -2.37. The molecular formula is C20H22ClN3O3. The van der Waals surface area contributed by atoms with Crippen LogP contribution in [0.1, 0.15) is 28.9 Å². The fraction of sp³-hybridized carbons (Fsp3) is 0.400. The summed E-state index contributed by atoms with van der Waals surface area (Å²) in [6.07, 6.45) is 3.07. The third-order valence-electron chi connectivity index (χ3n) is 5.16. The van der Waals surface area contributed by atoms with Gasteiger partial charge >= 0.3 is 0 Å². The van der Waals surface area contributed by atoms with E-state index in [2.05, 4.69) is 10.3 Å². The van der Waals surface area contributed by atoms with Gasteiger partial charge in [0.2, 0.25) is 0 Å². The second-order valence-electron chi connectivity index (χ2n) is 6.87. The monoisotopic (exact) mass is 387 g/mol. The van der Waals surface area contributed by atoms with E-state index in [9.17, 15) is 4.79 Å². The van der Waals surface area contributed by atoms with Crippen molar-refractivity contribution in [2.75, 3.05) is 31.6 Å². The summed E-state index contributed by atoms with van der Waals surface area (Å²) in [5.74, 6) is -0.541. The molecule has 2 saturated heterocycles. The molecule has 6 nitrogen and oxygen atoms in total. The fourth-order valence-electron chi connectivity index (χ4n) is 3.49. The molecule has 142 valence electrons. The number of ether oxygens (including phenoxy) is 2. The minimum Gasteiger partial charge on any atom is -0.354 e. The van der Waals surface area contributed by atoms with Crippen LogP contribution in [0.25, 0.3) is 0 Å². The number of carbonyl (C=O) groups excluding carboxylic acids is 1. The molecule has 2 aliphatic rings. The first kappa shape index (κ1) is 18.2. The van der Waals surface area contributed by atoms with Gasteiger partial charge < -0.3 is 19.7 Å². The number of aromatic nitrogens is 1. The Morgan fingerprint density at radius 2 is 1.93 bits per heavy atom. The molecule has 4 rings (SSSR count). The van der Waals surface area contributed by atoms with Gasteiger partial charge in [0.05, 0.1) is 25.1 Å². The first-order valence-electron chi connectivity index (χ1n) is 9.12. The highest BCUT2D eigenvalue weighted by Gasteiger charge is 2.40. The summed E-state index contributed by atoms with van der Waals surface area (Å²) in [5, 5.41) is 3.99. The topological polar surface area (TPSA) is 63.7 Å². The zero-order valence-corrected chi connectivity index (χ0v) is 16.0. The molecule has 3 heterocycles. The van der Waals surface area contributed by atoms with Crippen molar-refractivity contribution in [3.63, 3.8) is 0 Å². The number of nitrogens with zero attached hydrogens (tertiary/aromatic N) is 2. The summed E-state index contributed by atoms with van der Waals surface area (Å²) in [4.78, 5) is 18.9. The minimum absolute atomic E-state index is 0.0617. The Hall–Kier alpha value is -2.15. The number of likely N-dealkylation sites (tertiary alicyclic amines) is 1. The molecule has 0 saturated carbocycles. The van der Waals surface area contributed by atoms with Crippen molar-refractivity contribution < 1.29 is 14.3 Å². The third kappa shape index (κ3) is 3.78. The van der Waals surface area contributed by atoms with Crippen molar-refractivity contribution in [1.29, 1.82) is 0 Å². The van der Waals surface area contributed by atoms with E-state index in [1.165, 1.54) is 0 Å². The number of carbonyl (C=O) groups is 1. The van der Waals surface area contributed by atoms with Crippen LogP contribution in [0, 0.1) is 6.92 Å². The van der Waals surface area contributed by atoms with Gasteiger partial charge in [0.25, 0.3) is 5.91 Å². The average Bonchev–Trinajstić information content (AvgIpc) is 3.14. The molecule has 2 aromatic rings. The number of hydrogen-bond acceptors (Lipinski definition) is 5. The molecule has 1 aromatic carbocycles. The Morgan fingerprint density at radius 1 is 1.19 bits per heavy atom. The number of piperidine rings is 1. The van der Waals surface area contributed by atoms with Gasteiger partial charge in [0.15, 0.2) is 5.79 Å². The predicted molar refractivity (Wildman–Crippen MR) is 103 cm³/mol. The number of nitrogens with one attached hydrogen (secondary N) is 1. The maximum atomic E-state index is 12.7. The molecule has 7 heteroatoms. The van der Waals surface area contributed by atoms with Crippen LogP contribution < -0.4 is 5.32 Å². The van der Waals surface area contributed by atoms with Crippen molar-refractivity contribution in [2.45, 2.75) is 25.6 Å². The number of rotatable bonds is 3. The maximum Gasteiger partial charge on any atom is 0.272 e. The van der Waals surface area contributed by atoms with Gasteiger partial charge in [-0.15, -0.1) is 0 Å². The van der Waals surface area contributed by atoms with Crippen molar-refractivity contribution in [2.24, 2.45) is 0 Å². The molecule has 2 fully saturated rings. The van der Waals surface area contributed by atoms with Gasteiger partial charge in [-0.3, -0.25) is 4.79 Å². The number of hydrogen-bond donors (Lipinski definition) is 1. The molecular weight excluding hydrogens is 366 g/mol. The second kappa shape index (κ2) is 7.46. The predicted octanol–water partition coefficient (Wildman–Crippen LogP) is 3.77. The zero-order chi connectivity index (χ0) is 18.9. The van der Waals surface area contributed by atoms with Crippen molar-refractivity contribution >= 4 is 28.9 Å². The Labute approximate surface area is 163 Å². The van der Waals surface area contributed by atoms with Crippen LogP contribution in [0.4, 0.5) is 11.4 Å². The summed E-state index contributed by atoms with van der Waals surface area (Å²) in [6.45, 7) is 4.45. The van der Waals surface area contributed by atoms with E-state index in [1.807, 2.05) is 36.1 Å². The Kier molecular flexibility index (Phi) is 5.04. The number of anilines is 2. The minimum atomic E-state index is -0.479. The largest absolute Gasteiger partial charge is 0.354 e. The quantitative estimate of drug-likeness (QED) is 0.868. The highest BCUT2D eigenvalue weighted by Crippen LogP contribution is 2.32. The van der Waals surface area contributed by atoms with E-state index in [-0.39, 0.29) is 5.91 Å². The Morgan fingerprint density at radius 3 is 2.59 bits per heavy atom. The summed E-state index contributed by atoms with van der Waals surface area (Å²) < 4.78 is 11.4. The van der Waals surface area contributed by atoms with Crippen LogP contribution in [0.3, 0.4) is 0 Å². The highest BCUT2D eigenvalue weighted by molar-refractivity contribution is 6.31. The second-order valence-corrected chi connectivity index (χ2v) is 7.28. The molecule has 27 heavy (non-hydrogen) atoms. The van der Waals surface area contributed by atoms with Crippen LogP contribution in [0.2, 0.25) is 5.02 Å². The lowest BCUT2D eigenvalue weighted by molar-refractivity contribution is -0.181. The zero-order valence-electron chi connectivity index (χ0n) is 15.2. The normalized spacial score (nSPS) is 18.7. The van der Waals surface area contributed by atoms with Crippen LogP contribution in [0.5, 0.6) is 0 Å². The number of halogens is 1. The van der Waals surface area contributed by atoms with E-state index < -0.39 is 5.79 Å². The number of amides is 1. The molecule has 0 atom stereocenters. The molecule has 2 aliphatic heterocycles. The first-order valence-corrected chi connectivity index (χ1v) is 9.50. The van der Waals surface area contributed by atoms with Crippen molar-refractivity contribution in [3.05, 3.63) is 52.8 Å². The standard InChI is InChI=1S/C20H22ClN3O3/c1-14-16(21)3-2-4-17(14)23-15-5-6-18(22-13-15)19(25)24-9-7-20(8-10-24)26-11-12-27-20/h2-6,13,23H,7-12H2,1H3. The van der Waals surface area contributed by atoms with Gasteiger partial charge in [0.1, 0.15) is 5.69 Å². The smallest absolute Gasteiger partial charge is 0.272 e. The number of pyridine rings is 1. The SMILES string of the molecule is Cc1c(Cl)cccc1Nc1ccc(C(=O)N2CCC3(CC2)OCCO3)nc1. The summed E-state index contributed by atoms with van der Waals surface area (Å²) >= 11 is 6.15. The van der Waals surface area contributed by atoms with Gasteiger partial charge in [-0.1, -0.05) is 17.7 Å². The molecule has 1 spiro atoms. The van der Waals surface area contributed by atoms with E-state index in [1.54, 1.807) is 12.3 Å². The van der Waals surface area contributed by atoms with E-state index in [0.717, 1.165) is 16.9 Å². The van der Waals surface area contributed by atoms with Crippen molar-refractivity contribution in [1.82, 2.24) is 9.88 Å². The summed E-state index contributed by atoms with van der Waals surface area (Å²) in [7, 11) is 0. The van der Waals surface area contributed by atoms with E-state index in [4.69, 9.17) is 21.1 Å². The van der Waals surface area contributed by atoms with Crippen LogP contribution in [-0.4, -0.2) is 47.9 Å². The lowest BCUT2D eigenvalue weighted by Crippen LogP contribution is -2.47. The lowest BCUT2D eigenvalue weighted by atomic mass is 10.0. The fourth-order valence-corrected chi connectivity index (χ4v) is 3.67. The summed E-state index contributed by atoms with van der Waals surface area (Å²) in [6, 6.07) is 9.31. The van der Waals surface area contributed by atoms with Crippen LogP contribution in [0.15, 0.2) is 36.5 Å². The molecule has 1 aromatic heterocycles. The van der Waals surface area contributed by atoms with Crippen LogP contribution >= 0.6 is 11.6 Å². The van der Waals surface area contributed by atoms with Gasteiger partial charge in [-0.2, -0.15) is 0 Å². The average molecular weight is 388 g/mol. The molecule has 1 N–H and O–H groups in total. The first-order chi connectivity index (χ1) is 13.1. The van der Waals surface area contributed by atoms with Gasteiger partial charge in [-0.25, -0.2) is 4.98 Å².